The zero-order chi connectivity index (χ0) is 14.0. The van der Waals surface area contributed by atoms with Crippen molar-refractivity contribution in [3.05, 3.63) is 22.4 Å². The van der Waals surface area contributed by atoms with Crippen LogP contribution in [-0.4, -0.2) is 29.6 Å². The molecule has 5 nitrogen and oxygen atoms in total. The number of aromatic nitrogens is 1. The molecule has 19 heavy (non-hydrogen) atoms. The summed E-state index contributed by atoms with van der Waals surface area (Å²) >= 11 is 3.34. The van der Waals surface area contributed by atoms with Crippen molar-refractivity contribution in [2.75, 3.05) is 7.11 Å². The Hall–Kier alpha value is -1.30. The normalized spacial score (nSPS) is 15.9. The average molecular weight is 329 g/mol. The summed E-state index contributed by atoms with van der Waals surface area (Å²) in [5, 5.41) is 2.93. The molecule has 1 aliphatic carbocycles. The Morgan fingerprint density at radius 1 is 1.58 bits per heavy atom. The van der Waals surface area contributed by atoms with Gasteiger partial charge < -0.3 is 14.6 Å². The topological polar surface area (TPSA) is 60.3 Å². The highest BCUT2D eigenvalue weighted by molar-refractivity contribution is 9.10. The zero-order valence-corrected chi connectivity index (χ0v) is 12.6. The number of nitrogens with zero attached hydrogens (tertiary/aromatic N) is 1. The average Bonchev–Trinajstić information content (AvgIpc) is 3.14. The van der Waals surface area contributed by atoms with E-state index < -0.39 is 0 Å². The van der Waals surface area contributed by atoms with Crippen molar-refractivity contribution in [1.82, 2.24) is 9.88 Å². The van der Waals surface area contributed by atoms with Crippen LogP contribution in [0.2, 0.25) is 0 Å². The summed E-state index contributed by atoms with van der Waals surface area (Å²) in [6, 6.07) is 1.63. The van der Waals surface area contributed by atoms with Gasteiger partial charge in [-0.3, -0.25) is 9.59 Å². The van der Waals surface area contributed by atoms with Gasteiger partial charge in [-0.25, -0.2) is 0 Å². The molecule has 0 saturated heterocycles. The van der Waals surface area contributed by atoms with Gasteiger partial charge in [-0.1, -0.05) is 0 Å². The van der Waals surface area contributed by atoms with Crippen LogP contribution in [0.3, 0.4) is 0 Å². The predicted octanol–water partition coefficient (Wildman–Crippen LogP) is 1.86. The Kier molecular flexibility index (Phi) is 4.29. The van der Waals surface area contributed by atoms with Gasteiger partial charge in [0.25, 0.3) is 5.91 Å². The van der Waals surface area contributed by atoms with Gasteiger partial charge in [0.2, 0.25) is 0 Å². The van der Waals surface area contributed by atoms with E-state index in [1.54, 1.807) is 10.6 Å². The van der Waals surface area contributed by atoms with Crippen LogP contribution in [0.15, 0.2) is 16.7 Å². The summed E-state index contributed by atoms with van der Waals surface area (Å²) in [4.78, 5) is 23.5. The van der Waals surface area contributed by atoms with Crippen LogP contribution in [0.25, 0.3) is 0 Å². The molecule has 0 bridgehead atoms. The number of halogens is 1. The molecule has 6 heteroatoms. The van der Waals surface area contributed by atoms with Gasteiger partial charge in [-0.2, -0.15) is 0 Å². The predicted molar refractivity (Wildman–Crippen MR) is 73.7 cm³/mol. The van der Waals surface area contributed by atoms with Crippen molar-refractivity contribution in [2.24, 2.45) is 13.0 Å². The van der Waals surface area contributed by atoms with Crippen LogP contribution in [-0.2, 0) is 16.6 Å². The summed E-state index contributed by atoms with van der Waals surface area (Å²) in [6.07, 6.45) is 4.16. The standard InChI is InChI=1S/C13H17BrN2O3/c1-16-7-9(14)5-11(16)13(18)15-10(8-3-4-8)6-12(17)19-2/h5,7-8,10H,3-4,6H2,1-2H3,(H,15,18). The Morgan fingerprint density at radius 3 is 2.74 bits per heavy atom. The summed E-state index contributed by atoms with van der Waals surface area (Å²) in [7, 11) is 3.18. The molecule has 1 aliphatic rings. The highest BCUT2D eigenvalue weighted by Gasteiger charge is 2.34. The number of hydrogen-bond acceptors (Lipinski definition) is 3. The Morgan fingerprint density at radius 2 is 2.26 bits per heavy atom. The van der Waals surface area contributed by atoms with Crippen molar-refractivity contribution in [2.45, 2.75) is 25.3 Å². The second kappa shape index (κ2) is 5.77. The molecule has 1 saturated carbocycles. The quantitative estimate of drug-likeness (QED) is 0.839. The van der Waals surface area contributed by atoms with Gasteiger partial charge in [-0.15, -0.1) is 0 Å². The van der Waals surface area contributed by atoms with E-state index in [-0.39, 0.29) is 24.3 Å². The molecule has 1 atom stereocenters. The first-order valence-electron chi connectivity index (χ1n) is 6.20. The van der Waals surface area contributed by atoms with E-state index in [0.29, 0.717) is 11.6 Å². The first kappa shape index (κ1) is 14.1. The summed E-state index contributed by atoms with van der Waals surface area (Å²) in [5.74, 6) is -0.0500. The highest BCUT2D eigenvalue weighted by Crippen LogP contribution is 2.34. The third-order valence-corrected chi connectivity index (χ3v) is 3.76. The van der Waals surface area contributed by atoms with Gasteiger partial charge in [0.05, 0.1) is 13.5 Å². The fourth-order valence-electron chi connectivity index (χ4n) is 2.09. The molecule has 1 amide bonds. The molecular weight excluding hydrogens is 312 g/mol. The maximum absolute atomic E-state index is 12.2. The van der Waals surface area contributed by atoms with Gasteiger partial charge in [0.1, 0.15) is 5.69 Å². The molecule has 1 unspecified atom stereocenters. The third-order valence-electron chi connectivity index (χ3n) is 3.33. The minimum absolute atomic E-state index is 0.131. The second-order valence-electron chi connectivity index (χ2n) is 4.85. The van der Waals surface area contributed by atoms with E-state index in [1.165, 1.54) is 7.11 Å². The minimum atomic E-state index is -0.287. The van der Waals surface area contributed by atoms with Gasteiger partial charge in [0.15, 0.2) is 0 Å². The van der Waals surface area contributed by atoms with Gasteiger partial charge in [-0.05, 0) is 40.8 Å². The fraction of sp³-hybridized carbons (Fsp3) is 0.538. The molecule has 1 aromatic rings. The molecule has 1 N–H and O–H groups in total. The van der Waals surface area contributed by atoms with E-state index >= 15 is 0 Å². The monoisotopic (exact) mass is 328 g/mol. The summed E-state index contributed by atoms with van der Waals surface area (Å²) in [6.45, 7) is 0. The molecule has 0 aromatic carbocycles. The number of carbonyl (C=O) groups excluding carboxylic acids is 2. The van der Waals surface area contributed by atoms with E-state index in [1.807, 2.05) is 13.2 Å². The number of rotatable bonds is 5. The first-order valence-corrected chi connectivity index (χ1v) is 7.00. The first-order chi connectivity index (χ1) is 9.01. The van der Waals surface area contributed by atoms with E-state index in [2.05, 4.69) is 26.0 Å². The van der Waals surface area contributed by atoms with Crippen LogP contribution in [0.1, 0.15) is 29.8 Å². The largest absolute Gasteiger partial charge is 0.469 e. The van der Waals surface area contributed by atoms with Crippen molar-refractivity contribution in [3.63, 3.8) is 0 Å². The fourth-order valence-corrected chi connectivity index (χ4v) is 2.61. The number of methoxy groups -OCH3 is 1. The minimum Gasteiger partial charge on any atom is -0.469 e. The van der Waals surface area contributed by atoms with Gasteiger partial charge >= 0.3 is 5.97 Å². The van der Waals surface area contributed by atoms with E-state index in [0.717, 1.165) is 17.3 Å². The van der Waals surface area contributed by atoms with Crippen molar-refractivity contribution in [1.29, 1.82) is 0 Å². The van der Waals surface area contributed by atoms with Crippen LogP contribution in [0.5, 0.6) is 0 Å². The van der Waals surface area contributed by atoms with Crippen molar-refractivity contribution >= 4 is 27.8 Å². The zero-order valence-electron chi connectivity index (χ0n) is 11.0. The number of amides is 1. The SMILES string of the molecule is COC(=O)CC(NC(=O)c1cc(Br)cn1C)C1CC1. The van der Waals surface area contributed by atoms with Crippen LogP contribution >= 0.6 is 15.9 Å². The maximum atomic E-state index is 12.2. The molecule has 0 spiro atoms. The number of nitrogens with one attached hydrogen (secondary N) is 1. The third kappa shape index (κ3) is 3.59. The smallest absolute Gasteiger partial charge is 0.307 e. The molecule has 104 valence electrons. The molecule has 0 aliphatic heterocycles. The lowest BCUT2D eigenvalue weighted by atomic mass is 10.1. The van der Waals surface area contributed by atoms with Crippen molar-refractivity contribution < 1.29 is 14.3 Å². The molecule has 1 heterocycles. The Bertz CT molecular complexity index is 494. The van der Waals surface area contributed by atoms with Crippen LogP contribution in [0.4, 0.5) is 0 Å². The maximum Gasteiger partial charge on any atom is 0.307 e. The van der Waals surface area contributed by atoms with Crippen molar-refractivity contribution in [3.8, 4) is 0 Å². The lowest BCUT2D eigenvalue weighted by Gasteiger charge is -2.17. The molecule has 0 radical (unpaired) electrons. The number of hydrogen-bond donors (Lipinski definition) is 1. The number of carbonyl (C=O) groups is 2. The number of aryl methyl sites for hydroxylation is 1. The number of esters is 1. The molecule has 1 aromatic heterocycles. The second-order valence-corrected chi connectivity index (χ2v) is 5.77. The molecular formula is C13H17BrN2O3. The highest BCUT2D eigenvalue weighted by atomic mass is 79.9. The van der Waals surface area contributed by atoms with Crippen LogP contribution in [0, 0.1) is 5.92 Å². The van der Waals surface area contributed by atoms with Crippen LogP contribution < -0.4 is 5.32 Å². The van der Waals surface area contributed by atoms with Gasteiger partial charge in [0, 0.05) is 23.8 Å². The Balaban J connectivity index is 2.02. The molecule has 2 rings (SSSR count). The lowest BCUT2D eigenvalue weighted by molar-refractivity contribution is -0.141. The molecule has 1 fully saturated rings. The van der Waals surface area contributed by atoms with E-state index in [4.69, 9.17) is 0 Å². The number of ether oxygens (including phenoxy) is 1. The lowest BCUT2D eigenvalue weighted by Crippen LogP contribution is -2.39. The van der Waals surface area contributed by atoms with E-state index in [9.17, 15) is 9.59 Å². The summed E-state index contributed by atoms with van der Waals surface area (Å²) < 4.78 is 7.28. The Labute approximate surface area is 120 Å². The summed E-state index contributed by atoms with van der Waals surface area (Å²) in [5.41, 5.74) is 0.572.